The minimum absolute atomic E-state index is 0.137. The van der Waals surface area contributed by atoms with Crippen molar-refractivity contribution in [1.82, 2.24) is 9.88 Å². The fourth-order valence-corrected chi connectivity index (χ4v) is 2.23. The van der Waals surface area contributed by atoms with Crippen LogP contribution in [-0.2, 0) is 0 Å². The van der Waals surface area contributed by atoms with Crippen molar-refractivity contribution in [3.8, 4) is 0 Å². The molecule has 0 atom stereocenters. The first kappa shape index (κ1) is 12.0. The van der Waals surface area contributed by atoms with E-state index < -0.39 is 17.7 Å². The molecule has 1 aliphatic carbocycles. The van der Waals surface area contributed by atoms with Crippen molar-refractivity contribution in [3.05, 3.63) is 29.6 Å². The first-order chi connectivity index (χ1) is 8.11. The summed E-state index contributed by atoms with van der Waals surface area (Å²) < 4.78 is 26.3. The van der Waals surface area contributed by atoms with Gasteiger partial charge in [-0.2, -0.15) is 4.39 Å². The van der Waals surface area contributed by atoms with E-state index in [2.05, 4.69) is 4.98 Å². The highest BCUT2D eigenvalue weighted by Gasteiger charge is 2.26. The Morgan fingerprint density at radius 2 is 2.06 bits per heavy atom. The number of aromatic nitrogens is 1. The van der Waals surface area contributed by atoms with Gasteiger partial charge in [-0.1, -0.05) is 12.8 Å². The van der Waals surface area contributed by atoms with Crippen LogP contribution in [0.1, 0.15) is 36.0 Å². The Morgan fingerprint density at radius 1 is 1.41 bits per heavy atom. The topological polar surface area (TPSA) is 33.2 Å². The molecule has 1 aromatic rings. The zero-order chi connectivity index (χ0) is 12.4. The van der Waals surface area contributed by atoms with Crippen molar-refractivity contribution in [2.24, 2.45) is 0 Å². The molecule has 92 valence electrons. The quantitative estimate of drug-likeness (QED) is 0.743. The molecule has 1 amide bonds. The fraction of sp³-hybridized carbons (Fsp3) is 0.500. The summed E-state index contributed by atoms with van der Waals surface area (Å²) in [4.78, 5) is 16.7. The van der Waals surface area contributed by atoms with Crippen LogP contribution >= 0.6 is 0 Å². The van der Waals surface area contributed by atoms with Gasteiger partial charge >= 0.3 is 0 Å². The van der Waals surface area contributed by atoms with Crippen LogP contribution < -0.4 is 0 Å². The molecule has 1 saturated carbocycles. The molecular formula is C12H14F2N2O. The van der Waals surface area contributed by atoms with Crippen LogP contribution in [0.4, 0.5) is 8.78 Å². The maximum Gasteiger partial charge on any atom is 0.257 e. The summed E-state index contributed by atoms with van der Waals surface area (Å²) in [5, 5.41) is 0. The van der Waals surface area contributed by atoms with Gasteiger partial charge in [-0.15, -0.1) is 0 Å². The number of carbonyl (C=O) groups is 1. The lowest BCUT2D eigenvalue weighted by molar-refractivity contribution is 0.0729. The van der Waals surface area contributed by atoms with Crippen molar-refractivity contribution in [3.63, 3.8) is 0 Å². The third-order valence-corrected chi connectivity index (χ3v) is 3.27. The molecular weight excluding hydrogens is 226 g/mol. The van der Waals surface area contributed by atoms with E-state index in [0.29, 0.717) is 0 Å². The van der Waals surface area contributed by atoms with Gasteiger partial charge in [0.15, 0.2) is 5.82 Å². The molecule has 5 heteroatoms. The molecule has 1 fully saturated rings. The molecule has 0 saturated heterocycles. The number of halogens is 2. The minimum atomic E-state index is -1.23. The van der Waals surface area contributed by atoms with Gasteiger partial charge in [0.05, 0.1) is 5.56 Å². The number of amides is 1. The number of hydrogen-bond donors (Lipinski definition) is 0. The third-order valence-electron chi connectivity index (χ3n) is 3.27. The average molecular weight is 240 g/mol. The number of nitrogens with zero attached hydrogens (tertiary/aromatic N) is 2. The summed E-state index contributed by atoms with van der Waals surface area (Å²) in [5.74, 6) is -2.87. The fourth-order valence-electron chi connectivity index (χ4n) is 2.23. The predicted molar refractivity (Wildman–Crippen MR) is 58.5 cm³/mol. The summed E-state index contributed by atoms with van der Waals surface area (Å²) in [7, 11) is 1.64. The van der Waals surface area contributed by atoms with E-state index in [0.717, 1.165) is 31.9 Å². The molecule has 0 unspecified atom stereocenters. The van der Waals surface area contributed by atoms with Gasteiger partial charge in [-0.05, 0) is 18.9 Å². The Morgan fingerprint density at radius 3 is 2.71 bits per heavy atom. The van der Waals surface area contributed by atoms with Crippen molar-refractivity contribution < 1.29 is 13.6 Å². The largest absolute Gasteiger partial charge is 0.339 e. The molecule has 0 N–H and O–H groups in total. The smallest absolute Gasteiger partial charge is 0.257 e. The second-order valence-electron chi connectivity index (χ2n) is 4.32. The first-order valence-electron chi connectivity index (χ1n) is 5.68. The van der Waals surface area contributed by atoms with Gasteiger partial charge in [0, 0.05) is 19.3 Å². The predicted octanol–water partition coefficient (Wildman–Crippen LogP) is 2.37. The molecule has 1 aliphatic rings. The molecule has 17 heavy (non-hydrogen) atoms. The van der Waals surface area contributed by atoms with Crippen LogP contribution in [0.15, 0.2) is 12.3 Å². The van der Waals surface area contributed by atoms with Crippen LogP contribution in [0.2, 0.25) is 0 Å². The van der Waals surface area contributed by atoms with E-state index in [1.54, 1.807) is 7.05 Å². The summed E-state index contributed by atoms with van der Waals surface area (Å²) in [6.45, 7) is 0. The number of pyridine rings is 1. The summed E-state index contributed by atoms with van der Waals surface area (Å²) >= 11 is 0. The van der Waals surface area contributed by atoms with Gasteiger partial charge < -0.3 is 4.90 Å². The lowest BCUT2D eigenvalue weighted by Gasteiger charge is -2.24. The summed E-state index contributed by atoms with van der Waals surface area (Å²) in [5.41, 5.74) is -0.244. The van der Waals surface area contributed by atoms with E-state index >= 15 is 0 Å². The number of rotatable bonds is 2. The normalized spacial score (nSPS) is 16.2. The van der Waals surface area contributed by atoms with Crippen molar-refractivity contribution in [1.29, 1.82) is 0 Å². The second kappa shape index (κ2) is 4.77. The van der Waals surface area contributed by atoms with E-state index in [1.165, 1.54) is 11.0 Å². The molecule has 2 rings (SSSR count). The van der Waals surface area contributed by atoms with Crippen molar-refractivity contribution >= 4 is 5.91 Å². The van der Waals surface area contributed by atoms with Gasteiger partial charge in [0.1, 0.15) is 0 Å². The Bertz CT molecular complexity index is 431. The van der Waals surface area contributed by atoms with Crippen molar-refractivity contribution in [2.75, 3.05) is 7.05 Å². The van der Waals surface area contributed by atoms with Gasteiger partial charge in [-0.25, -0.2) is 9.37 Å². The SMILES string of the molecule is CN(C(=O)c1ccnc(F)c1F)C1CCCC1. The summed E-state index contributed by atoms with van der Waals surface area (Å²) in [6.07, 6.45) is 5.12. The van der Waals surface area contributed by atoms with E-state index in [1.807, 2.05) is 0 Å². The van der Waals surface area contributed by atoms with Gasteiger partial charge in [-0.3, -0.25) is 4.79 Å². The van der Waals surface area contributed by atoms with Crippen LogP contribution in [0.25, 0.3) is 0 Å². The zero-order valence-corrected chi connectivity index (χ0v) is 9.62. The van der Waals surface area contributed by atoms with Crippen LogP contribution in [0.3, 0.4) is 0 Å². The molecule has 1 heterocycles. The van der Waals surface area contributed by atoms with E-state index in [-0.39, 0.29) is 11.6 Å². The Balaban J connectivity index is 2.21. The maximum absolute atomic E-state index is 13.4. The van der Waals surface area contributed by atoms with Crippen LogP contribution in [0.5, 0.6) is 0 Å². The molecule has 0 radical (unpaired) electrons. The minimum Gasteiger partial charge on any atom is -0.339 e. The van der Waals surface area contributed by atoms with Gasteiger partial charge in [0.25, 0.3) is 5.91 Å². The van der Waals surface area contributed by atoms with Crippen LogP contribution in [-0.4, -0.2) is 28.9 Å². The first-order valence-corrected chi connectivity index (χ1v) is 5.68. The number of hydrogen-bond acceptors (Lipinski definition) is 2. The Labute approximate surface area is 98.5 Å². The van der Waals surface area contributed by atoms with Crippen molar-refractivity contribution in [2.45, 2.75) is 31.7 Å². The number of carbonyl (C=O) groups excluding carboxylic acids is 1. The standard InChI is InChI=1S/C12H14F2N2O/c1-16(8-4-2-3-5-8)12(17)9-6-7-15-11(14)10(9)13/h6-8H,2-5H2,1H3. The Kier molecular flexibility index (Phi) is 3.36. The highest BCUT2D eigenvalue weighted by Crippen LogP contribution is 2.24. The Hall–Kier alpha value is -1.52. The molecule has 3 nitrogen and oxygen atoms in total. The second-order valence-corrected chi connectivity index (χ2v) is 4.32. The van der Waals surface area contributed by atoms with E-state index in [4.69, 9.17) is 0 Å². The molecule has 0 aliphatic heterocycles. The summed E-state index contributed by atoms with van der Waals surface area (Å²) in [6, 6.07) is 1.35. The molecule has 0 spiro atoms. The van der Waals surface area contributed by atoms with Crippen LogP contribution in [0, 0.1) is 11.8 Å². The highest BCUT2D eigenvalue weighted by atomic mass is 19.2. The molecule has 1 aromatic heterocycles. The average Bonchev–Trinajstić information content (AvgIpc) is 2.84. The third kappa shape index (κ3) is 2.28. The lowest BCUT2D eigenvalue weighted by atomic mass is 10.1. The van der Waals surface area contributed by atoms with E-state index in [9.17, 15) is 13.6 Å². The zero-order valence-electron chi connectivity index (χ0n) is 9.62. The van der Waals surface area contributed by atoms with Gasteiger partial charge in [0.2, 0.25) is 5.95 Å². The maximum atomic E-state index is 13.4. The monoisotopic (exact) mass is 240 g/mol. The highest BCUT2D eigenvalue weighted by molar-refractivity contribution is 5.94. The lowest BCUT2D eigenvalue weighted by Crippen LogP contribution is -2.35. The molecule has 0 bridgehead atoms. The molecule has 0 aromatic carbocycles.